The number of nitrogens with zero attached hydrogens (tertiary/aromatic N) is 2. The van der Waals surface area contributed by atoms with Crippen molar-refractivity contribution in [3.05, 3.63) is 65.5 Å². The number of carbonyl (C=O) groups excluding carboxylic acids is 1. The zero-order valence-corrected chi connectivity index (χ0v) is 13.7. The molecule has 5 heteroatoms. The van der Waals surface area contributed by atoms with Crippen molar-refractivity contribution in [1.29, 1.82) is 0 Å². The highest BCUT2D eigenvalue weighted by molar-refractivity contribution is 5.81. The fraction of sp³-hybridized carbons (Fsp3) is 0.278. The first-order valence-corrected chi connectivity index (χ1v) is 7.40. The lowest BCUT2D eigenvalue weighted by molar-refractivity contribution is -0.123. The number of nitrogens with two attached hydrogens (primary N) is 1. The number of rotatable bonds is 6. The van der Waals surface area contributed by atoms with E-state index in [9.17, 15) is 9.18 Å². The normalized spacial score (nSPS) is 12.2. The molecule has 122 valence electrons. The van der Waals surface area contributed by atoms with Crippen molar-refractivity contribution in [3.63, 3.8) is 0 Å². The van der Waals surface area contributed by atoms with E-state index in [1.807, 2.05) is 49.1 Å². The van der Waals surface area contributed by atoms with Gasteiger partial charge in [-0.1, -0.05) is 24.3 Å². The Kier molecular flexibility index (Phi) is 5.34. The molecular formula is C18H22FN3O. The number of halogens is 1. The fourth-order valence-corrected chi connectivity index (χ4v) is 2.62. The monoisotopic (exact) mass is 315 g/mol. The van der Waals surface area contributed by atoms with Gasteiger partial charge in [0.2, 0.25) is 5.91 Å². The summed E-state index contributed by atoms with van der Waals surface area (Å²) >= 11 is 0. The van der Waals surface area contributed by atoms with Crippen LogP contribution in [0.2, 0.25) is 0 Å². The minimum atomic E-state index is -0.672. The minimum Gasteiger partial charge on any atom is -0.378 e. The molecule has 0 spiro atoms. The number of primary amides is 1. The predicted molar refractivity (Wildman–Crippen MR) is 90.6 cm³/mol. The van der Waals surface area contributed by atoms with Crippen molar-refractivity contribution in [2.24, 2.45) is 5.73 Å². The summed E-state index contributed by atoms with van der Waals surface area (Å²) in [6.07, 6.45) is 0. The summed E-state index contributed by atoms with van der Waals surface area (Å²) < 4.78 is 13.4. The maximum Gasteiger partial charge on any atom is 0.239 e. The van der Waals surface area contributed by atoms with E-state index in [4.69, 9.17) is 5.73 Å². The summed E-state index contributed by atoms with van der Waals surface area (Å²) in [4.78, 5) is 15.7. The molecule has 2 N–H and O–H groups in total. The Bertz CT molecular complexity index is 687. The van der Waals surface area contributed by atoms with Gasteiger partial charge in [-0.15, -0.1) is 0 Å². The van der Waals surface area contributed by atoms with Gasteiger partial charge in [-0.05, 0) is 42.4 Å². The first-order valence-electron chi connectivity index (χ1n) is 7.40. The summed E-state index contributed by atoms with van der Waals surface area (Å²) in [5, 5.41) is 0. The van der Waals surface area contributed by atoms with Gasteiger partial charge in [-0.2, -0.15) is 0 Å². The van der Waals surface area contributed by atoms with Gasteiger partial charge in [0.25, 0.3) is 0 Å². The number of amides is 1. The molecule has 2 rings (SSSR count). The van der Waals surface area contributed by atoms with Crippen LogP contribution in [0.1, 0.15) is 17.2 Å². The molecule has 0 saturated heterocycles. The maximum absolute atomic E-state index is 13.4. The first-order chi connectivity index (χ1) is 10.9. The Morgan fingerprint density at radius 3 is 2.43 bits per heavy atom. The lowest BCUT2D eigenvalue weighted by Crippen LogP contribution is -2.35. The summed E-state index contributed by atoms with van der Waals surface area (Å²) in [5.74, 6) is -0.876. The standard InChI is InChI=1S/C18H22FN3O/c1-21(2)16-9-4-6-13(10-16)12-22(3)17(18(20)23)14-7-5-8-15(19)11-14/h4-11,17H,12H2,1-3H3,(H2,20,23)/t17-/m0/s1. The van der Waals surface area contributed by atoms with Gasteiger partial charge in [0.15, 0.2) is 0 Å². The van der Waals surface area contributed by atoms with Gasteiger partial charge >= 0.3 is 0 Å². The van der Waals surface area contributed by atoms with Crippen molar-refractivity contribution >= 4 is 11.6 Å². The lowest BCUT2D eigenvalue weighted by atomic mass is 10.0. The number of hydrogen-bond acceptors (Lipinski definition) is 3. The van der Waals surface area contributed by atoms with Crippen LogP contribution in [0, 0.1) is 5.82 Å². The molecular weight excluding hydrogens is 293 g/mol. The molecule has 23 heavy (non-hydrogen) atoms. The highest BCUT2D eigenvalue weighted by atomic mass is 19.1. The molecule has 0 heterocycles. The second kappa shape index (κ2) is 7.24. The van der Waals surface area contributed by atoms with E-state index >= 15 is 0 Å². The summed E-state index contributed by atoms with van der Waals surface area (Å²) in [5.41, 5.74) is 8.24. The van der Waals surface area contributed by atoms with Crippen LogP contribution in [0.3, 0.4) is 0 Å². The van der Waals surface area contributed by atoms with Gasteiger partial charge in [0.1, 0.15) is 11.9 Å². The molecule has 1 atom stereocenters. The molecule has 0 unspecified atom stereocenters. The summed E-state index contributed by atoms with van der Waals surface area (Å²) in [7, 11) is 5.76. The van der Waals surface area contributed by atoms with Crippen LogP contribution in [0.25, 0.3) is 0 Å². The molecule has 0 aliphatic heterocycles. The first kappa shape index (κ1) is 17.0. The van der Waals surface area contributed by atoms with Crippen LogP contribution in [-0.4, -0.2) is 32.0 Å². The third-order valence-corrected chi connectivity index (χ3v) is 3.73. The van der Waals surface area contributed by atoms with E-state index < -0.39 is 11.9 Å². The van der Waals surface area contributed by atoms with E-state index in [2.05, 4.69) is 6.07 Å². The van der Waals surface area contributed by atoms with E-state index in [1.54, 1.807) is 12.1 Å². The Morgan fingerprint density at radius 1 is 1.13 bits per heavy atom. The smallest absolute Gasteiger partial charge is 0.239 e. The molecule has 0 aliphatic carbocycles. The van der Waals surface area contributed by atoms with Crippen LogP contribution < -0.4 is 10.6 Å². The van der Waals surface area contributed by atoms with E-state index in [1.165, 1.54) is 12.1 Å². The molecule has 0 bridgehead atoms. The van der Waals surface area contributed by atoms with Crippen molar-refractivity contribution in [2.75, 3.05) is 26.0 Å². The molecule has 4 nitrogen and oxygen atoms in total. The summed E-state index contributed by atoms with van der Waals surface area (Å²) in [6.45, 7) is 0.534. The number of anilines is 1. The zero-order chi connectivity index (χ0) is 17.0. The van der Waals surface area contributed by atoms with Crippen LogP contribution in [0.15, 0.2) is 48.5 Å². The Morgan fingerprint density at radius 2 is 1.83 bits per heavy atom. The Hall–Kier alpha value is -2.40. The van der Waals surface area contributed by atoms with E-state index in [0.717, 1.165) is 11.3 Å². The van der Waals surface area contributed by atoms with E-state index in [-0.39, 0.29) is 5.82 Å². The third kappa shape index (κ3) is 4.29. The second-order valence-electron chi connectivity index (χ2n) is 5.84. The number of benzene rings is 2. The van der Waals surface area contributed by atoms with Crippen LogP contribution in [0.4, 0.5) is 10.1 Å². The van der Waals surface area contributed by atoms with Crippen LogP contribution in [0.5, 0.6) is 0 Å². The average molecular weight is 315 g/mol. The quantitative estimate of drug-likeness (QED) is 0.891. The molecule has 1 amide bonds. The van der Waals surface area contributed by atoms with Crippen LogP contribution in [-0.2, 0) is 11.3 Å². The second-order valence-corrected chi connectivity index (χ2v) is 5.84. The molecule has 0 radical (unpaired) electrons. The maximum atomic E-state index is 13.4. The van der Waals surface area contributed by atoms with Crippen molar-refractivity contribution in [1.82, 2.24) is 4.90 Å². The molecule has 0 aliphatic rings. The topological polar surface area (TPSA) is 49.6 Å². The van der Waals surface area contributed by atoms with Gasteiger partial charge in [0.05, 0.1) is 0 Å². The zero-order valence-electron chi connectivity index (χ0n) is 13.7. The van der Waals surface area contributed by atoms with Gasteiger partial charge < -0.3 is 10.6 Å². The minimum absolute atomic E-state index is 0.378. The molecule has 0 saturated carbocycles. The third-order valence-electron chi connectivity index (χ3n) is 3.73. The fourth-order valence-electron chi connectivity index (χ4n) is 2.62. The Labute approximate surface area is 136 Å². The number of carbonyl (C=O) groups is 1. The van der Waals surface area contributed by atoms with Gasteiger partial charge in [-0.3, -0.25) is 9.69 Å². The molecule has 0 fully saturated rings. The van der Waals surface area contributed by atoms with Crippen molar-refractivity contribution < 1.29 is 9.18 Å². The lowest BCUT2D eigenvalue weighted by Gasteiger charge is -2.26. The van der Waals surface area contributed by atoms with Crippen molar-refractivity contribution in [3.8, 4) is 0 Å². The molecule has 2 aromatic rings. The molecule has 0 aromatic heterocycles. The van der Waals surface area contributed by atoms with E-state index in [0.29, 0.717) is 12.1 Å². The largest absolute Gasteiger partial charge is 0.378 e. The highest BCUT2D eigenvalue weighted by Crippen LogP contribution is 2.23. The van der Waals surface area contributed by atoms with Gasteiger partial charge in [0, 0.05) is 26.3 Å². The summed E-state index contributed by atoms with van der Waals surface area (Å²) in [6, 6.07) is 13.4. The van der Waals surface area contributed by atoms with Gasteiger partial charge in [-0.25, -0.2) is 4.39 Å². The van der Waals surface area contributed by atoms with Crippen LogP contribution >= 0.6 is 0 Å². The number of likely N-dealkylation sites (N-methyl/N-ethyl adjacent to an activating group) is 1. The predicted octanol–water partition coefficient (Wildman–Crippen LogP) is 2.55. The SMILES string of the molecule is CN(C)c1cccc(CN(C)[C@H](C(N)=O)c2cccc(F)c2)c1. The number of hydrogen-bond donors (Lipinski definition) is 1. The highest BCUT2D eigenvalue weighted by Gasteiger charge is 2.23. The Balaban J connectivity index is 2.24. The molecule has 2 aromatic carbocycles. The average Bonchev–Trinajstić information content (AvgIpc) is 2.47. The van der Waals surface area contributed by atoms with Crippen molar-refractivity contribution in [2.45, 2.75) is 12.6 Å².